The van der Waals surface area contributed by atoms with Gasteiger partial charge in [0.2, 0.25) is 5.76 Å². The Balaban J connectivity index is 4.28. The van der Waals surface area contributed by atoms with Gasteiger partial charge in [-0.1, -0.05) is 0 Å². The summed E-state index contributed by atoms with van der Waals surface area (Å²) in [6, 6.07) is 0. The Morgan fingerprint density at radius 3 is 2.00 bits per heavy atom. The van der Waals surface area contributed by atoms with Gasteiger partial charge in [-0.15, -0.1) is 0 Å². The van der Waals surface area contributed by atoms with Crippen LogP contribution in [0.15, 0.2) is 11.3 Å². The SMILES string of the molecule is C/C(CO)=C(/O)C(=O)O. The Labute approximate surface area is 52.1 Å². The summed E-state index contributed by atoms with van der Waals surface area (Å²) in [5, 5.41) is 24.9. The lowest BCUT2D eigenvalue weighted by atomic mass is 10.3. The molecule has 0 aromatic heterocycles. The molecule has 0 saturated heterocycles. The van der Waals surface area contributed by atoms with Crippen LogP contribution in [0, 0.1) is 0 Å². The van der Waals surface area contributed by atoms with Crippen molar-refractivity contribution >= 4 is 5.97 Å². The Morgan fingerprint density at radius 1 is 1.44 bits per heavy atom. The molecule has 0 fully saturated rings. The van der Waals surface area contributed by atoms with Crippen molar-refractivity contribution in [1.82, 2.24) is 0 Å². The first-order valence-corrected chi connectivity index (χ1v) is 2.32. The summed E-state index contributed by atoms with van der Waals surface area (Å²) in [6.45, 7) is 0.904. The summed E-state index contributed by atoms with van der Waals surface area (Å²) in [7, 11) is 0. The van der Waals surface area contributed by atoms with Gasteiger partial charge in [-0.05, 0) is 6.92 Å². The van der Waals surface area contributed by atoms with Gasteiger partial charge in [-0.25, -0.2) is 4.79 Å². The molecule has 52 valence electrons. The summed E-state index contributed by atoms with van der Waals surface area (Å²) < 4.78 is 0. The van der Waals surface area contributed by atoms with E-state index in [-0.39, 0.29) is 5.57 Å². The van der Waals surface area contributed by atoms with Crippen molar-refractivity contribution < 1.29 is 20.1 Å². The summed E-state index contributed by atoms with van der Waals surface area (Å²) >= 11 is 0. The second kappa shape index (κ2) is 3.09. The summed E-state index contributed by atoms with van der Waals surface area (Å²) in [4.78, 5) is 9.88. The van der Waals surface area contributed by atoms with E-state index in [0.29, 0.717) is 0 Å². The average Bonchev–Trinajstić information content (AvgIpc) is 1.84. The van der Waals surface area contributed by atoms with Crippen LogP contribution < -0.4 is 0 Å². The van der Waals surface area contributed by atoms with Crippen molar-refractivity contribution in [1.29, 1.82) is 0 Å². The molecule has 0 aliphatic rings. The van der Waals surface area contributed by atoms with Crippen LogP contribution in [-0.4, -0.2) is 27.9 Å². The monoisotopic (exact) mass is 132 g/mol. The Kier molecular flexibility index (Phi) is 2.73. The first-order valence-electron chi connectivity index (χ1n) is 2.32. The van der Waals surface area contributed by atoms with Gasteiger partial charge in [-0.3, -0.25) is 0 Å². The molecular formula is C5H8O4. The second-order valence-electron chi connectivity index (χ2n) is 1.59. The molecule has 3 N–H and O–H groups in total. The number of carbonyl (C=O) groups is 1. The average molecular weight is 132 g/mol. The van der Waals surface area contributed by atoms with Gasteiger partial charge in [0.15, 0.2) is 0 Å². The summed E-state index contributed by atoms with van der Waals surface area (Å²) in [5.41, 5.74) is 0.0579. The van der Waals surface area contributed by atoms with Gasteiger partial charge >= 0.3 is 5.97 Å². The predicted molar refractivity (Wildman–Crippen MR) is 30.1 cm³/mol. The molecule has 0 unspecified atom stereocenters. The van der Waals surface area contributed by atoms with Gasteiger partial charge in [-0.2, -0.15) is 0 Å². The highest BCUT2D eigenvalue weighted by Crippen LogP contribution is 1.97. The second-order valence-corrected chi connectivity index (χ2v) is 1.59. The molecule has 4 nitrogen and oxygen atoms in total. The molecule has 0 aromatic rings. The third-order valence-electron chi connectivity index (χ3n) is 0.844. The zero-order valence-corrected chi connectivity index (χ0v) is 4.96. The molecule has 4 heteroatoms. The van der Waals surface area contributed by atoms with Crippen LogP contribution in [0.1, 0.15) is 6.92 Å². The lowest BCUT2D eigenvalue weighted by Gasteiger charge is -1.95. The van der Waals surface area contributed by atoms with Crippen LogP contribution in [0.2, 0.25) is 0 Å². The van der Waals surface area contributed by atoms with Gasteiger partial charge < -0.3 is 15.3 Å². The lowest BCUT2D eigenvalue weighted by molar-refractivity contribution is -0.135. The summed E-state index contributed by atoms with van der Waals surface area (Å²) in [5.74, 6) is -2.20. The summed E-state index contributed by atoms with van der Waals surface area (Å²) in [6.07, 6.45) is 0. The predicted octanol–water partition coefficient (Wildman–Crippen LogP) is -0.105. The van der Waals surface area contributed by atoms with Gasteiger partial charge in [0.25, 0.3) is 0 Å². The molecule has 0 radical (unpaired) electrons. The van der Waals surface area contributed by atoms with Gasteiger partial charge in [0.05, 0.1) is 6.61 Å². The number of aliphatic hydroxyl groups excluding tert-OH is 2. The number of hydrogen-bond acceptors (Lipinski definition) is 3. The largest absolute Gasteiger partial charge is 0.502 e. The van der Waals surface area contributed by atoms with Crippen LogP contribution in [0.5, 0.6) is 0 Å². The third-order valence-corrected chi connectivity index (χ3v) is 0.844. The minimum Gasteiger partial charge on any atom is -0.502 e. The molecule has 0 heterocycles. The highest BCUT2D eigenvalue weighted by molar-refractivity contribution is 5.84. The van der Waals surface area contributed by atoms with E-state index < -0.39 is 18.3 Å². The molecule has 0 spiro atoms. The fraction of sp³-hybridized carbons (Fsp3) is 0.400. The van der Waals surface area contributed by atoms with E-state index in [1.54, 1.807) is 0 Å². The maximum Gasteiger partial charge on any atom is 0.370 e. The molecule has 0 aromatic carbocycles. The smallest absolute Gasteiger partial charge is 0.370 e. The minimum atomic E-state index is -1.42. The zero-order chi connectivity index (χ0) is 7.44. The Hall–Kier alpha value is -1.03. The highest BCUT2D eigenvalue weighted by Gasteiger charge is 2.06. The normalized spacial score (nSPS) is 12.7. The number of hydrogen-bond donors (Lipinski definition) is 3. The lowest BCUT2D eigenvalue weighted by Crippen LogP contribution is -2.04. The van der Waals surface area contributed by atoms with E-state index in [0.717, 1.165) is 0 Å². The number of rotatable bonds is 2. The topological polar surface area (TPSA) is 77.8 Å². The van der Waals surface area contributed by atoms with Gasteiger partial charge in [0, 0.05) is 5.57 Å². The van der Waals surface area contributed by atoms with E-state index in [4.69, 9.17) is 15.3 Å². The standard InChI is InChI=1S/C5H8O4/c1-3(2-6)4(7)5(8)9/h6-7H,2H2,1H3,(H,8,9)/b4-3-. The van der Waals surface area contributed by atoms with Crippen molar-refractivity contribution in [2.45, 2.75) is 6.92 Å². The zero-order valence-electron chi connectivity index (χ0n) is 4.96. The first kappa shape index (κ1) is 7.97. The van der Waals surface area contributed by atoms with E-state index in [9.17, 15) is 4.79 Å². The van der Waals surface area contributed by atoms with Crippen molar-refractivity contribution in [3.63, 3.8) is 0 Å². The Morgan fingerprint density at radius 2 is 1.89 bits per heavy atom. The van der Waals surface area contributed by atoms with E-state index in [2.05, 4.69) is 0 Å². The molecule has 0 saturated carbocycles. The molecule has 9 heavy (non-hydrogen) atoms. The fourth-order valence-electron chi connectivity index (χ4n) is 0.257. The molecule has 0 aliphatic carbocycles. The van der Waals surface area contributed by atoms with Crippen LogP contribution in [0.3, 0.4) is 0 Å². The maximum absolute atomic E-state index is 9.88. The molecule has 0 aliphatic heterocycles. The quantitative estimate of drug-likeness (QED) is 0.362. The molecule has 0 amide bonds. The molecule has 0 bridgehead atoms. The van der Waals surface area contributed by atoms with Gasteiger partial charge in [0.1, 0.15) is 0 Å². The van der Waals surface area contributed by atoms with Crippen molar-refractivity contribution in [2.24, 2.45) is 0 Å². The molecule has 0 atom stereocenters. The Bertz CT molecular complexity index is 147. The van der Waals surface area contributed by atoms with Crippen molar-refractivity contribution in [3.05, 3.63) is 11.3 Å². The molecule has 0 rings (SSSR count). The van der Waals surface area contributed by atoms with Crippen LogP contribution in [0.4, 0.5) is 0 Å². The maximum atomic E-state index is 9.88. The van der Waals surface area contributed by atoms with Crippen LogP contribution in [0.25, 0.3) is 0 Å². The third kappa shape index (κ3) is 2.14. The van der Waals surface area contributed by atoms with E-state index in [1.165, 1.54) is 6.92 Å². The number of aliphatic carboxylic acids is 1. The van der Waals surface area contributed by atoms with Crippen LogP contribution >= 0.6 is 0 Å². The van der Waals surface area contributed by atoms with E-state index in [1.807, 2.05) is 0 Å². The van der Waals surface area contributed by atoms with Crippen molar-refractivity contribution in [2.75, 3.05) is 6.61 Å². The number of carboxylic acid groups (broad SMARTS) is 1. The fourth-order valence-corrected chi connectivity index (χ4v) is 0.257. The van der Waals surface area contributed by atoms with Crippen LogP contribution in [-0.2, 0) is 4.79 Å². The van der Waals surface area contributed by atoms with E-state index >= 15 is 0 Å². The minimum absolute atomic E-state index is 0.0579. The number of aliphatic hydroxyl groups is 2. The van der Waals surface area contributed by atoms with Crippen molar-refractivity contribution in [3.8, 4) is 0 Å². The first-order chi connectivity index (χ1) is 4.09. The highest BCUT2D eigenvalue weighted by atomic mass is 16.4. The number of carboxylic acids is 1. The molecular weight excluding hydrogens is 124 g/mol.